The van der Waals surface area contributed by atoms with Gasteiger partial charge in [-0.15, -0.1) is 5.69 Å². The van der Waals surface area contributed by atoms with Crippen LogP contribution < -0.4 is 4.98 Å². The first kappa shape index (κ1) is 34.4. The molecular weight excluding hydrogens is 700 g/mol. The Balaban J connectivity index is 0.000000170. The standard InChI is InChI=1S/C15H6F5N2.2C10H8N2.Ru/c16-11-10(12(17)14(19)15(20)13(11)18)9(7-3-1-5-21-7)8-4-2-6-22-8;2*1-3-7-11-9(5-1)10-6-2-4-8-12-10;/h1-6H;2*1-8H;/q-1;;;+1/b9-7+;;;. The van der Waals surface area contributed by atoms with E-state index in [2.05, 4.69) is 29.9 Å². The zero-order chi connectivity index (χ0) is 32.3. The second-order valence-electron chi connectivity index (χ2n) is 9.22. The summed E-state index contributed by atoms with van der Waals surface area (Å²) in [6, 6.07) is 26.1. The minimum atomic E-state index is -2.20. The Kier molecular flexibility index (Phi) is 12.2. The molecule has 0 N–H and O–H groups in total. The molecule has 6 aromatic rings. The molecule has 1 aromatic carbocycles. The number of aromatic nitrogens is 5. The van der Waals surface area contributed by atoms with Crippen molar-refractivity contribution in [1.82, 2.24) is 24.9 Å². The van der Waals surface area contributed by atoms with Gasteiger partial charge in [-0.25, -0.2) is 22.0 Å². The molecule has 0 spiro atoms. The van der Waals surface area contributed by atoms with Crippen molar-refractivity contribution in [2.45, 2.75) is 0 Å². The van der Waals surface area contributed by atoms with Crippen molar-refractivity contribution < 1.29 is 41.4 Å². The van der Waals surface area contributed by atoms with Crippen LogP contribution in [0.15, 0.2) is 139 Å². The van der Waals surface area contributed by atoms with Crippen LogP contribution in [0, 0.1) is 29.1 Å². The summed E-state index contributed by atoms with van der Waals surface area (Å²) in [4.78, 5) is 24.5. The Morgan fingerprint density at radius 1 is 0.511 bits per heavy atom. The molecule has 47 heavy (non-hydrogen) atoms. The molecule has 5 aromatic heterocycles. The molecule has 6 heterocycles. The summed E-state index contributed by atoms with van der Waals surface area (Å²) in [6.45, 7) is 0. The van der Waals surface area contributed by atoms with Gasteiger partial charge in [0.2, 0.25) is 5.82 Å². The van der Waals surface area contributed by atoms with Gasteiger partial charge in [0, 0.05) is 31.0 Å². The number of hydrogen-bond donors (Lipinski definition) is 0. The fraction of sp³-hybridized carbons (Fsp3) is 0. The summed E-state index contributed by atoms with van der Waals surface area (Å²) in [5.41, 5.74) is 2.47. The summed E-state index contributed by atoms with van der Waals surface area (Å²) in [7, 11) is 0. The van der Waals surface area contributed by atoms with Gasteiger partial charge in [0.05, 0.1) is 34.0 Å². The molecule has 0 saturated heterocycles. The van der Waals surface area contributed by atoms with E-state index in [1.807, 2.05) is 72.8 Å². The summed E-state index contributed by atoms with van der Waals surface area (Å²) >= 11 is 0. The smallest absolute Gasteiger partial charge is 0.664 e. The maximum atomic E-state index is 14.0. The third-order valence-electron chi connectivity index (χ3n) is 6.26. The van der Waals surface area contributed by atoms with E-state index in [4.69, 9.17) is 0 Å². The van der Waals surface area contributed by atoms with E-state index in [1.165, 1.54) is 36.7 Å². The Morgan fingerprint density at radius 2 is 0.936 bits per heavy atom. The van der Waals surface area contributed by atoms with Crippen LogP contribution in [0.5, 0.6) is 0 Å². The monoisotopic (exact) mass is 723 g/mol. The first-order valence-corrected chi connectivity index (χ1v) is 13.7. The second-order valence-corrected chi connectivity index (χ2v) is 9.22. The predicted molar refractivity (Wildman–Crippen MR) is 165 cm³/mol. The maximum absolute atomic E-state index is 14.0. The molecule has 0 aliphatic carbocycles. The summed E-state index contributed by atoms with van der Waals surface area (Å²) < 4.78 is 68.1. The average molecular weight is 723 g/mol. The first-order chi connectivity index (χ1) is 22.5. The third-order valence-corrected chi connectivity index (χ3v) is 6.26. The average Bonchev–Trinajstić information content (AvgIpc) is 3.86. The summed E-state index contributed by atoms with van der Waals surface area (Å²) in [5.74, 6) is -10.1. The summed E-state index contributed by atoms with van der Waals surface area (Å²) in [5, 5.41) is 0. The molecule has 12 heteroatoms. The molecule has 6 nitrogen and oxygen atoms in total. The van der Waals surface area contributed by atoms with Gasteiger partial charge < -0.3 is 4.98 Å². The first-order valence-electron chi connectivity index (χ1n) is 13.7. The van der Waals surface area contributed by atoms with E-state index in [-0.39, 0.29) is 36.4 Å². The van der Waals surface area contributed by atoms with Crippen molar-refractivity contribution in [3.8, 4) is 22.8 Å². The van der Waals surface area contributed by atoms with Crippen LogP contribution in [0.1, 0.15) is 11.3 Å². The number of benzene rings is 1. The predicted octanol–water partition coefficient (Wildman–Crippen LogP) is 8.02. The van der Waals surface area contributed by atoms with Gasteiger partial charge in [-0.1, -0.05) is 36.4 Å². The van der Waals surface area contributed by atoms with Crippen LogP contribution >= 0.6 is 0 Å². The molecule has 1 aliphatic rings. The number of halogens is 5. The number of hydrogen-bond acceptors (Lipinski definition) is 5. The van der Waals surface area contributed by atoms with E-state index >= 15 is 0 Å². The molecule has 1 aliphatic heterocycles. The third kappa shape index (κ3) is 8.42. The van der Waals surface area contributed by atoms with Gasteiger partial charge in [-0.2, -0.15) is 6.20 Å². The zero-order valence-electron chi connectivity index (χ0n) is 24.1. The van der Waals surface area contributed by atoms with E-state index in [1.54, 1.807) is 24.8 Å². The zero-order valence-corrected chi connectivity index (χ0v) is 25.9. The van der Waals surface area contributed by atoms with E-state index in [0.29, 0.717) is 0 Å². The molecule has 0 unspecified atom stereocenters. The van der Waals surface area contributed by atoms with Gasteiger partial charge in [-0.3, -0.25) is 24.9 Å². The SMILES string of the molecule is Fc1c(F)c(F)c(/C(=C2\C=CC=N2)c2ccc[n-]2)c(F)c1F.[Ru+].c1ccc(-c2ccccn2)nc1.c1ccc(-c2ccccn2)nc1. The van der Waals surface area contributed by atoms with E-state index in [9.17, 15) is 22.0 Å². The second kappa shape index (κ2) is 16.7. The van der Waals surface area contributed by atoms with Crippen molar-refractivity contribution in [2.75, 3.05) is 0 Å². The number of allylic oxidation sites excluding steroid dienone is 2. The molecule has 0 bridgehead atoms. The van der Waals surface area contributed by atoms with E-state index in [0.717, 1.165) is 22.8 Å². The Labute approximate surface area is 279 Å². The minimum absolute atomic E-state index is 0. The van der Waals surface area contributed by atoms with Crippen molar-refractivity contribution in [2.24, 2.45) is 4.99 Å². The van der Waals surface area contributed by atoms with Gasteiger partial charge in [-0.05, 0) is 66.3 Å². The molecule has 0 amide bonds. The number of aliphatic imine (C=N–C) groups is 1. The van der Waals surface area contributed by atoms with Gasteiger partial charge in [0.15, 0.2) is 23.3 Å². The molecule has 1 radical (unpaired) electrons. The number of nitrogens with zero attached hydrogens (tertiary/aromatic N) is 6. The van der Waals surface area contributed by atoms with Crippen LogP contribution in [-0.4, -0.2) is 26.2 Å². The largest absolute Gasteiger partial charge is 1.00 e. The fourth-order valence-electron chi connectivity index (χ4n) is 4.17. The van der Waals surface area contributed by atoms with Crippen molar-refractivity contribution >= 4 is 11.8 Å². The van der Waals surface area contributed by atoms with Crippen LogP contribution in [0.25, 0.3) is 28.3 Å². The number of rotatable bonds is 4. The molecule has 0 saturated carbocycles. The minimum Gasteiger partial charge on any atom is -0.664 e. The van der Waals surface area contributed by atoms with Crippen LogP contribution in [0.4, 0.5) is 22.0 Å². The quantitative estimate of drug-likeness (QED) is 0.0798. The maximum Gasteiger partial charge on any atom is 1.00 e. The van der Waals surface area contributed by atoms with Crippen LogP contribution in [-0.2, 0) is 19.5 Å². The van der Waals surface area contributed by atoms with E-state index < -0.39 is 34.6 Å². The Morgan fingerprint density at radius 3 is 1.26 bits per heavy atom. The Bertz CT molecular complexity index is 1780. The molecule has 0 atom stereocenters. The van der Waals surface area contributed by atoms with Gasteiger partial charge >= 0.3 is 19.5 Å². The molecular formula is C35H22F5N6Ru. The van der Waals surface area contributed by atoms with Gasteiger partial charge in [0.25, 0.3) is 0 Å². The number of pyridine rings is 4. The normalized spacial score (nSPS) is 12.3. The molecule has 0 fully saturated rings. The van der Waals surface area contributed by atoms with Crippen molar-refractivity contribution in [1.29, 1.82) is 0 Å². The van der Waals surface area contributed by atoms with Crippen LogP contribution in [0.2, 0.25) is 0 Å². The van der Waals surface area contributed by atoms with Gasteiger partial charge in [0.1, 0.15) is 0 Å². The van der Waals surface area contributed by atoms with Crippen LogP contribution in [0.3, 0.4) is 0 Å². The fourth-order valence-corrected chi connectivity index (χ4v) is 4.17. The molecule has 235 valence electrons. The van der Waals surface area contributed by atoms with Crippen molar-refractivity contribution in [3.05, 3.63) is 174 Å². The molecule has 7 rings (SSSR count). The van der Waals surface area contributed by atoms with Crippen molar-refractivity contribution in [3.63, 3.8) is 0 Å². The topological polar surface area (TPSA) is 78.0 Å². The summed E-state index contributed by atoms with van der Waals surface area (Å²) in [6.07, 6.45) is 12.6. The Hall–Kier alpha value is -5.48.